The van der Waals surface area contributed by atoms with E-state index in [1.165, 1.54) is 36.4 Å². The van der Waals surface area contributed by atoms with Crippen LogP contribution >= 0.6 is 0 Å². The van der Waals surface area contributed by atoms with Gasteiger partial charge in [-0.3, -0.25) is 0 Å². The van der Waals surface area contributed by atoms with Crippen LogP contribution in [0.15, 0.2) is 42.5 Å². The number of benzene rings is 2. The Labute approximate surface area is 109 Å². The van der Waals surface area contributed by atoms with Gasteiger partial charge >= 0.3 is 0 Å². The van der Waals surface area contributed by atoms with Crippen LogP contribution in [-0.2, 0) is 6.42 Å². The van der Waals surface area contributed by atoms with Crippen molar-refractivity contribution in [2.24, 2.45) is 0 Å². The molecule has 0 saturated heterocycles. The summed E-state index contributed by atoms with van der Waals surface area (Å²) in [7, 11) is 0. The van der Waals surface area contributed by atoms with E-state index in [0.29, 0.717) is 5.56 Å². The van der Waals surface area contributed by atoms with E-state index in [0.717, 1.165) is 0 Å². The molecular weight excluding hydrogens is 253 g/mol. The Morgan fingerprint density at radius 1 is 0.947 bits per heavy atom. The summed E-state index contributed by atoms with van der Waals surface area (Å²) in [5.74, 6) is -2.29. The molecule has 100 valence electrons. The molecule has 0 saturated carbocycles. The van der Waals surface area contributed by atoms with Crippen molar-refractivity contribution in [3.8, 4) is 0 Å². The molecule has 0 aliphatic rings. The van der Waals surface area contributed by atoms with Gasteiger partial charge in [0.15, 0.2) is 0 Å². The van der Waals surface area contributed by atoms with Crippen LogP contribution in [0, 0.1) is 17.5 Å². The Morgan fingerprint density at radius 2 is 1.58 bits per heavy atom. The monoisotopic (exact) mass is 266 g/mol. The van der Waals surface area contributed by atoms with Crippen LogP contribution < -0.4 is 0 Å². The molecule has 1 nitrogen and oxygen atoms in total. The van der Waals surface area contributed by atoms with Gasteiger partial charge in [0.25, 0.3) is 0 Å². The first-order chi connectivity index (χ1) is 9.11. The molecule has 1 atom stereocenters. The molecule has 2 rings (SSSR count). The first-order valence-electron chi connectivity index (χ1n) is 5.91. The zero-order valence-corrected chi connectivity index (χ0v) is 10.1. The van der Waals surface area contributed by atoms with E-state index in [1.807, 2.05) is 0 Å². The van der Waals surface area contributed by atoms with Gasteiger partial charge in [0.05, 0.1) is 6.61 Å². The summed E-state index contributed by atoms with van der Waals surface area (Å²) in [5, 5.41) is 9.35. The van der Waals surface area contributed by atoms with Crippen molar-refractivity contribution in [1.29, 1.82) is 0 Å². The van der Waals surface area contributed by atoms with E-state index >= 15 is 0 Å². The van der Waals surface area contributed by atoms with Crippen molar-refractivity contribution in [2.75, 3.05) is 6.61 Å². The summed E-state index contributed by atoms with van der Waals surface area (Å²) >= 11 is 0. The highest BCUT2D eigenvalue weighted by molar-refractivity contribution is 5.26. The third-order valence-corrected chi connectivity index (χ3v) is 3.05. The minimum Gasteiger partial charge on any atom is -0.396 e. The topological polar surface area (TPSA) is 20.2 Å². The lowest BCUT2D eigenvalue weighted by atomic mass is 9.92. The molecule has 0 amide bonds. The fourth-order valence-electron chi connectivity index (χ4n) is 2.02. The average molecular weight is 266 g/mol. The summed E-state index contributed by atoms with van der Waals surface area (Å²) in [4.78, 5) is 0. The van der Waals surface area contributed by atoms with E-state index in [9.17, 15) is 18.3 Å². The molecule has 0 bridgehead atoms. The fraction of sp³-hybridized carbons (Fsp3) is 0.200. The molecule has 0 spiro atoms. The summed E-state index contributed by atoms with van der Waals surface area (Å²) in [6.07, 6.45) is -0.0154. The van der Waals surface area contributed by atoms with Gasteiger partial charge in [0, 0.05) is 11.5 Å². The number of hydrogen-bond acceptors (Lipinski definition) is 1. The SMILES string of the molecule is OCC(Cc1c(F)cccc1F)c1cccc(F)c1. The molecule has 0 radical (unpaired) electrons. The van der Waals surface area contributed by atoms with Gasteiger partial charge in [-0.15, -0.1) is 0 Å². The second-order valence-electron chi connectivity index (χ2n) is 4.34. The normalized spacial score (nSPS) is 12.4. The van der Waals surface area contributed by atoms with Gasteiger partial charge in [-0.25, -0.2) is 13.2 Å². The van der Waals surface area contributed by atoms with Crippen LogP contribution in [0.4, 0.5) is 13.2 Å². The van der Waals surface area contributed by atoms with Crippen LogP contribution in [0.2, 0.25) is 0 Å². The summed E-state index contributed by atoms with van der Waals surface area (Å²) < 4.78 is 40.2. The summed E-state index contributed by atoms with van der Waals surface area (Å²) in [6.45, 7) is -0.308. The van der Waals surface area contributed by atoms with Gasteiger partial charge in [-0.05, 0) is 36.2 Å². The first-order valence-corrected chi connectivity index (χ1v) is 5.91. The van der Waals surface area contributed by atoms with Crippen LogP contribution in [0.1, 0.15) is 17.0 Å². The molecular formula is C15H13F3O. The van der Waals surface area contributed by atoms with Crippen LogP contribution in [0.5, 0.6) is 0 Å². The molecule has 0 aliphatic heterocycles. The molecule has 0 aromatic heterocycles. The largest absolute Gasteiger partial charge is 0.396 e. The predicted molar refractivity (Wildman–Crippen MR) is 66.3 cm³/mol. The van der Waals surface area contributed by atoms with E-state index in [2.05, 4.69) is 0 Å². The average Bonchev–Trinajstić information content (AvgIpc) is 2.38. The van der Waals surface area contributed by atoms with Gasteiger partial charge in [0.2, 0.25) is 0 Å². The van der Waals surface area contributed by atoms with Gasteiger partial charge in [0.1, 0.15) is 17.5 Å². The van der Waals surface area contributed by atoms with Crippen molar-refractivity contribution in [2.45, 2.75) is 12.3 Å². The van der Waals surface area contributed by atoms with E-state index in [1.54, 1.807) is 6.07 Å². The lowest BCUT2D eigenvalue weighted by molar-refractivity contribution is 0.262. The molecule has 0 fully saturated rings. The van der Waals surface area contributed by atoms with Crippen molar-refractivity contribution < 1.29 is 18.3 Å². The van der Waals surface area contributed by atoms with Crippen molar-refractivity contribution in [3.63, 3.8) is 0 Å². The fourth-order valence-corrected chi connectivity index (χ4v) is 2.02. The Hall–Kier alpha value is -1.81. The van der Waals surface area contributed by atoms with Gasteiger partial charge in [-0.1, -0.05) is 18.2 Å². The van der Waals surface area contributed by atoms with Gasteiger partial charge in [-0.2, -0.15) is 0 Å². The maximum atomic E-state index is 13.5. The Kier molecular flexibility index (Phi) is 4.22. The zero-order chi connectivity index (χ0) is 13.8. The lowest BCUT2D eigenvalue weighted by Crippen LogP contribution is -2.10. The number of rotatable bonds is 4. The minimum atomic E-state index is -0.658. The summed E-state index contributed by atoms with van der Waals surface area (Å²) in [6, 6.07) is 9.29. The van der Waals surface area contributed by atoms with Gasteiger partial charge < -0.3 is 5.11 Å². The number of halogens is 3. The third kappa shape index (κ3) is 3.15. The molecule has 0 aliphatic carbocycles. The standard InChI is InChI=1S/C15H13F3O/c16-12-4-1-3-10(7-12)11(9-19)8-13-14(17)5-2-6-15(13)18/h1-7,11,19H,8-9H2. The smallest absolute Gasteiger partial charge is 0.129 e. The zero-order valence-electron chi connectivity index (χ0n) is 10.1. The molecule has 1 unspecified atom stereocenters. The minimum absolute atomic E-state index is 0.0154. The Balaban J connectivity index is 2.29. The van der Waals surface area contributed by atoms with Crippen molar-refractivity contribution in [1.82, 2.24) is 0 Å². The van der Waals surface area contributed by atoms with Crippen LogP contribution in [-0.4, -0.2) is 11.7 Å². The predicted octanol–water partition coefficient (Wildman–Crippen LogP) is 3.42. The molecule has 1 N–H and O–H groups in total. The highest BCUT2D eigenvalue weighted by Crippen LogP contribution is 2.24. The Bertz CT molecular complexity index is 549. The first kappa shape index (κ1) is 13.6. The molecule has 4 heteroatoms. The van der Waals surface area contributed by atoms with E-state index in [4.69, 9.17) is 0 Å². The van der Waals surface area contributed by atoms with E-state index < -0.39 is 23.4 Å². The van der Waals surface area contributed by atoms with Crippen molar-refractivity contribution in [3.05, 3.63) is 71.0 Å². The second-order valence-corrected chi connectivity index (χ2v) is 4.34. The highest BCUT2D eigenvalue weighted by Gasteiger charge is 2.17. The highest BCUT2D eigenvalue weighted by atomic mass is 19.1. The quantitative estimate of drug-likeness (QED) is 0.899. The number of hydrogen-bond donors (Lipinski definition) is 1. The second kappa shape index (κ2) is 5.89. The third-order valence-electron chi connectivity index (χ3n) is 3.05. The van der Waals surface area contributed by atoms with Crippen LogP contribution in [0.25, 0.3) is 0 Å². The van der Waals surface area contributed by atoms with E-state index in [-0.39, 0.29) is 18.6 Å². The summed E-state index contributed by atoms with van der Waals surface area (Å²) in [5.41, 5.74) is 0.427. The molecule has 0 heterocycles. The molecule has 2 aromatic rings. The molecule has 19 heavy (non-hydrogen) atoms. The number of aliphatic hydroxyl groups is 1. The van der Waals surface area contributed by atoms with Crippen LogP contribution in [0.3, 0.4) is 0 Å². The maximum absolute atomic E-state index is 13.5. The van der Waals surface area contributed by atoms with Crippen molar-refractivity contribution >= 4 is 0 Å². The Morgan fingerprint density at radius 3 is 2.16 bits per heavy atom. The number of aliphatic hydroxyl groups excluding tert-OH is 1. The molecule has 2 aromatic carbocycles. The lowest BCUT2D eigenvalue weighted by Gasteiger charge is -2.15. The maximum Gasteiger partial charge on any atom is 0.129 e.